The van der Waals surface area contributed by atoms with E-state index in [1.165, 1.54) is 16.5 Å². The molecule has 26 heavy (non-hydrogen) atoms. The summed E-state index contributed by atoms with van der Waals surface area (Å²) in [5.41, 5.74) is 2.62. The Morgan fingerprint density at radius 2 is 2.19 bits per heavy atom. The molecule has 0 spiro atoms. The van der Waals surface area contributed by atoms with E-state index in [9.17, 15) is 9.90 Å². The number of aromatic carboxylic acids is 1. The van der Waals surface area contributed by atoms with Crippen molar-refractivity contribution in [1.29, 1.82) is 0 Å². The van der Waals surface area contributed by atoms with Gasteiger partial charge in [-0.3, -0.25) is 0 Å². The molecule has 7 heteroatoms. The van der Waals surface area contributed by atoms with E-state index in [-0.39, 0.29) is 5.56 Å². The molecule has 0 saturated carbocycles. The van der Waals surface area contributed by atoms with Gasteiger partial charge in [-0.2, -0.15) is 0 Å². The molecule has 0 unspecified atom stereocenters. The maximum atomic E-state index is 11.4. The van der Waals surface area contributed by atoms with Crippen molar-refractivity contribution in [1.82, 2.24) is 19.6 Å². The number of fused-ring (bicyclic) bond motifs is 5. The highest BCUT2D eigenvalue weighted by Crippen LogP contribution is 2.38. The van der Waals surface area contributed by atoms with Gasteiger partial charge < -0.3 is 9.90 Å². The molecule has 3 aromatic heterocycles. The minimum absolute atomic E-state index is 0.0915. The van der Waals surface area contributed by atoms with Crippen molar-refractivity contribution in [2.45, 2.75) is 26.2 Å². The molecule has 1 aliphatic carbocycles. The fourth-order valence-corrected chi connectivity index (χ4v) is 5.05. The minimum Gasteiger partial charge on any atom is -0.545 e. The molecule has 0 aliphatic heterocycles. The molecular weight excluding hydrogens is 348 g/mol. The first-order chi connectivity index (χ1) is 12.6. The molecule has 0 fully saturated rings. The third-order valence-electron chi connectivity index (χ3n) is 5.02. The molecule has 1 aromatic carbocycles. The molecule has 4 aromatic rings. The van der Waals surface area contributed by atoms with Crippen molar-refractivity contribution in [2.24, 2.45) is 5.92 Å². The first-order valence-electron chi connectivity index (χ1n) is 8.58. The zero-order valence-electron chi connectivity index (χ0n) is 14.1. The number of thiophene rings is 1. The van der Waals surface area contributed by atoms with Gasteiger partial charge >= 0.3 is 0 Å². The second-order valence-electron chi connectivity index (χ2n) is 6.81. The van der Waals surface area contributed by atoms with Crippen LogP contribution in [0.5, 0.6) is 0 Å². The van der Waals surface area contributed by atoms with Gasteiger partial charge in [-0.25, -0.2) is 14.5 Å². The molecule has 0 radical (unpaired) electrons. The van der Waals surface area contributed by atoms with E-state index in [0.717, 1.165) is 35.1 Å². The van der Waals surface area contributed by atoms with E-state index < -0.39 is 5.97 Å². The van der Waals surface area contributed by atoms with Crippen molar-refractivity contribution in [3.63, 3.8) is 0 Å². The number of aromatic nitrogens is 4. The molecule has 0 amide bonds. The summed E-state index contributed by atoms with van der Waals surface area (Å²) >= 11 is 1.74. The van der Waals surface area contributed by atoms with Crippen molar-refractivity contribution >= 4 is 33.2 Å². The van der Waals surface area contributed by atoms with Gasteiger partial charge in [0.05, 0.1) is 11.4 Å². The highest BCUT2D eigenvalue weighted by molar-refractivity contribution is 7.19. The highest BCUT2D eigenvalue weighted by Gasteiger charge is 2.24. The number of carboxylic acids is 1. The van der Waals surface area contributed by atoms with E-state index in [4.69, 9.17) is 0 Å². The highest BCUT2D eigenvalue weighted by atomic mass is 32.1. The molecule has 130 valence electrons. The Morgan fingerprint density at radius 3 is 3.04 bits per heavy atom. The van der Waals surface area contributed by atoms with E-state index in [1.807, 2.05) is 0 Å². The van der Waals surface area contributed by atoms with Crippen LogP contribution >= 0.6 is 11.3 Å². The normalized spacial score (nSPS) is 16.9. The lowest BCUT2D eigenvalue weighted by molar-refractivity contribution is -0.254. The summed E-state index contributed by atoms with van der Waals surface area (Å²) in [7, 11) is 0. The Kier molecular flexibility index (Phi) is 3.33. The van der Waals surface area contributed by atoms with E-state index in [1.54, 1.807) is 40.4 Å². The Morgan fingerprint density at radius 1 is 1.35 bits per heavy atom. The van der Waals surface area contributed by atoms with Crippen LogP contribution < -0.4 is 5.11 Å². The van der Waals surface area contributed by atoms with Gasteiger partial charge in [-0.1, -0.05) is 31.2 Å². The summed E-state index contributed by atoms with van der Waals surface area (Å²) in [5, 5.41) is 17.0. The maximum Gasteiger partial charge on any atom is 0.182 e. The number of carboxylic acid groups (broad SMARTS) is 1. The maximum absolute atomic E-state index is 11.4. The summed E-state index contributed by atoms with van der Waals surface area (Å²) in [6.45, 7) is 2.28. The zero-order chi connectivity index (χ0) is 17.8. The van der Waals surface area contributed by atoms with Crippen LogP contribution in [0.1, 0.15) is 34.1 Å². The van der Waals surface area contributed by atoms with Gasteiger partial charge in [0, 0.05) is 16.0 Å². The molecule has 3 heterocycles. The van der Waals surface area contributed by atoms with Crippen LogP contribution in [0.25, 0.3) is 27.3 Å². The van der Waals surface area contributed by atoms with Gasteiger partial charge in [0.1, 0.15) is 11.2 Å². The third kappa shape index (κ3) is 2.24. The van der Waals surface area contributed by atoms with Crippen molar-refractivity contribution in [3.05, 3.63) is 46.6 Å². The number of hydrogen-bond acceptors (Lipinski definition) is 6. The molecular formula is C19H15N4O2S-. The largest absolute Gasteiger partial charge is 0.545 e. The Labute approximate surface area is 153 Å². The number of aryl methyl sites for hydroxylation is 1. The summed E-state index contributed by atoms with van der Waals surface area (Å²) in [5.74, 6) is -0.164. The lowest BCUT2D eigenvalue weighted by Gasteiger charge is -2.17. The number of rotatable bonds is 2. The predicted molar refractivity (Wildman–Crippen MR) is 97.1 cm³/mol. The third-order valence-corrected chi connectivity index (χ3v) is 6.18. The summed E-state index contributed by atoms with van der Waals surface area (Å²) in [6, 6.07) is 6.66. The number of hydrogen-bond donors (Lipinski definition) is 0. The SMILES string of the molecule is C[C@H]1CCc2c(sc3ncn4nc(-c5ccccc5C(=O)[O-])nc4c23)C1. The van der Waals surface area contributed by atoms with Crippen molar-refractivity contribution in [2.75, 3.05) is 0 Å². The fourth-order valence-electron chi connectivity index (χ4n) is 3.71. The summed E-state index contributed by atoms with van der Waals surface area (Å²) in [6.07, 6.45) is 4.92. The molecule has 6 nitrogen and oxygen atoms in total. The van der Waals surface area contributed by atoms with Crippen LogP contribution in [-0.4, -0.2) is 25.6 Å². The smallest absolute Gasteiger partial charge is 0.182 e. The molecule has 0 N–H and O–H groups in total. The zero-order valence-corrected chi connectivity index (χ0v) is 14.9. The van der Waals surface area contributed by atoms with Crippen molar-refractivity contribution in [3.8, 4) is 11.4 Å². The lowest BCUT2D eigenvalue weighted by Crippen LogP contribution is -2.23. The standard InChI is InChI=1S/C19H16N4O2S/c1-10-6-7-13-14(8-10)26-18-15(13)17-21-16(22-23(17)9-20-18)11-4-2-3-5-12(11)19(24)25/h2-5,9-10H,6-8H2,1H3,(H,24,25)/p-1/t10-/m0/s1. The lowest BCUT2D eigenvalue weighted by atomic mass is 9.89. The average Bonchev–Trinajstić information content (AvgIpc) is 3.21. The molecule has 0 bridgehead atoms. The Hall–Kier alpha value is -2.80. The van der Waals surface area contributed by atoms with Crippen LogP contribution in [0.15, 0.2) is 30.6 Å². The minimum atomic E-state index is -1.23. The molecule has 1 aliphatic rings. The van der Waals surface area contributed by atoms with E-state index in [0.29, 0.717) is 17.3 Å². The van der Waals surface area contributed by atoms with Crippen LogP contribution in [0.2, 0.25) is 0 Å². The summed E-state index contributed by atoms with van der Waals surface area (Å²) < 4.78 is 1.65. The number of benzene rings is 1. The second-order valence-corrected chi connectivity index (χ2v) is 7.90. The number of carbonyl (C=O) groups is 1. The fraction of sp³-hybridized carbons (Fsp3) is 0.263. The van der Waals surface area contributed by atoms with Crippen LogP contribution in [0, 0.1) is 5.92 Å². The van der Waals surface area contributed by atoms with Gasteiger partial charge in [0.25, 0.3) is 0 Å². The van der Waals surface area contributed by atoms with Crippen LogP contribution in [0.4, 0.5) is 0 Å². The molecule has 0 saturated heterocycles. The molecule has 5 rings (SSSR count). The Balaban J connectivity index is 1.76. The second kappa shape index (κ2) is 5.60. The monoisotopic (exact) mass is 363 g/mol. The Bertz CT molecular complexity index is 1180. The molecule has 1 atom stereocenters. The van der Waals surface area contributed by atoms with Crippen molar-refractivity contribution < 1.29 is 9.90 Å². The van der Waals surface area contributed by atoms with Gasteiger partial charge in [-0.15, -0.1) is 16.4 Å². The van der Waals surface area contributed by atoms with Gasteiger partial charge in [0.15, 0.2) is 11.5 Å². The van der Waals surface area contributed by atoms with Crippen LogP contribution in [0.3, 0.4) is 0 Å². The number of carbonyl (C=O) groups excluding carboxylic acids is 1. The summed E-state index contributed by atoms with van der Waals surface area (Å²) in [4.78, 5) is 23.0. The number of nitrogens with zero attached hydrogens (tertiary/aromatic N) is 4. The average molecular weight is 363 g/mol. The van der Waals surface area contributed by atoms with E-state index in [2.05, 4.69) is 22.0 Å². The van der Waals surface area contributed by atoms with Gasteiger partial charge in [0.2, 0.25) is 0 Å². The van der Waals surface area contributed by atoms with E-state index >= 15 is 0 Å². The quantitative estimate of drug-likeness (QED) is 0.546. The predicted octanol–water partition coefficient (Wildman–Crippen LogP) is 2.49. The van der Waals surface area contributed by atoms with Crippen LogP contribution in [-0.2, 0) is 12.8 Å². The topological polar surface area (TPSA) is 83.2 Å². The first kappa shape index (κ1) is 15.5. The first-order valence-corrected chi connectivity index (χ1v) is 9.40. The van der Waals surface area contributed by atoms with Gasteiger partial charge in [-0.05, 0) is 30.7 Å².